The summed E-state index contributed by atoms with van der Waals surface area (Å²) in [5.41, 5.74) is 10.6. The van der Waals surface area contributed by atoms with E-state index in [1.165, 1.54) is 17.6 Å². The second kappa shape index (κ2) is 9.93. The summed E-state index contributed by atoms with van der Waals surface area (Å²) < 4.78 is 17.5. The standard InChI is InChI=1S/C21H24N4O4S/c1-4-7-29-20-16(27-2)8-14(9-17(20)28-3)12-23-25-19(26)11-13-5-6-15-18(10-13)30-21(22)24-15/h5-6,8-10,12H,4,7,11H2,1-3H3,(H2,22,24)(H,25,26)/b23-12-. The van der Waals surface area contributed by atoms with Crippen LogP contribution in [0, 0.1) is 0 Å². The Kier molecular flexibility index (Phi) is 7.08. The van der Waals surface area contributed by atoms with E-state index in [1.807, 2.05) is 25.1 Å². The highest BCUT2D eigenvalue weighted by Crippen LogP contribution is 2.38. The summed E-state index contributed by atoms with van der Waals surface area (Å²) in [7, 11) is 3.12. The molecule has 0 aliphatic rings. The molecule has 0 fully saturated rings. The molecule has 0 spiro atoms. The van der Waals surface area contributed by atoms with Gasteiger partial charge in [-0.1, -0.05) is 24.3 Å². The van der Waals surface area contributed by atoms with Gasteiger partial charge < -0.3 is 19.9 Å². The smallest absolute Gasteiger partial charge is 0.244 e. The van der Waals surface area contributed by atoms with Gasteiger partial charge in [0, 0.05) is 5.56 Å². The minimum Gasteiger partial charge on any atom is -0.493 e. The number of methoxy groups -OCH3 is 2. The van der Waals surface area contributed by atoms with E-state index in [9.17, 15) is 4.79 Å². The average molecular weight is 429 g/mol. The lowest BCUT2D eigenvalue weighted by Crippen LogP contribution is -2.19. The predicted molar refractivity (Wildman–Crippen MR) is 119 cm³/mol. The van der Waals surface area contributed by atoms with E-state index in [0.717, 1.165) is 22.2 Å². The fourth-order valence-corrected chi connectivity index (χ4v) is 3.62. The number of thiazole rings is 1. The minimum absolute atomic E-state index is 0.196. The zero-order valence-corrected chi connectivity index (χ0v) is 17.9. The van der Waals surface area contributed by atoms with Crippen LogP contribution in [0.3, 0.4) is 0 Å². The normalized spacial score (nSPS) is 11.0. The molecule has 0 aliphatic heterocycles. The highest BCUT2D eigenvalue weighted by molar-refractivity contribution is 7.22. The molecule has 3 N–H and O–H groups in total. The van der Waals surface area contributed by atoms with Crippen molar-refractivity contribution >= 4 is 38.8 Å². The molecule has 9 heteroatoms. The Balaban J connectivity index is 1.66. The summed E-state index contributed by atoms with van der Waals surface area (Å²) in [4.78, 5) is 16.4. The number of aromatic nitrogens is 1. The van der Waals surface area contributed by atoms with Crippen LogP contribution in [0.25, 0.3) is 10.2 Å². The number of carbonyl (C=O) groups excluding carboxylic acids is 1. The van der Waals surface area contributed by atoms with Crippen molar-refractivity contribution in [3.05, 3.63) is 41.5 Å². The summed E-state index contributed by atoms with van der Waals surface area (Å²) in [6.45, 7) is 2.57. The van der Waals surface area contributed by atoms with Crippen molar-refractivity contribution in [3.8, 4) is 17.2 Å². The molecule has 8 nitrogen and oxygen atoms in total. The molecule has 1 amide bonds. The number of amides is 1. The second-order valence-corrected chi connectivity index (χ2v) is 7.49. The fraction of sp³-hybridized carbons (Fsp3) is 0.286. The maximum absolute atomic E-state index is 12.2. The number of nitrogens with two attached hydrogens (primary N) is 1. The van der Waals surface area contributed by atoms with Crippen LogP contribution in [0.5, 0.6) is 17.2 Å². The fourth-order valence-electron chi connectivity index (χ4n) is 2.82. The van der Waals surface area contributed by atoms with Crippen LogP contribution in [0.1, 0.15) is 24.5 Å². The number of carbonyl (C=O) groups is 1. The molecule has 30 heavy (non-hydrogen) atoms. The number of nitrogens with zero attached hydrogens (tertiary/aromatic N) is 2. The topological polar surface area (TPSA) is 108 Å². The number of rotatable bonds is 9. The number of hydrazone groups is 1. The molecule has 0 bridgehead atoms. The Morgan fingerprint density at radius 3 is 2.63 bits per heavy atom. The number of nitrogens with one attached hydrogen (secondary N) is 1. The van der Waals surface area contributed by atoms with Gasteiger partial charge in [-0.3, -0.25) is 4.79 Å². The second-order valence-electron chi connectivity index (χ2n) is 6.43. The first-order valence-corrected chi connectivity index (χ1v) is 10.2. The molecule has 0 aliphatic carbocycles. The molecule has 0 radical (unpaired) electrons. The van der Waals surface area contributed by atoms with E-state index in [4.69, 9.17) is 19.9 Å². The maximum atomic E-state index is 12.2. The first kappa shape index (κ1) is 21.4. The van der Waals surface area contributed by atoms with Crippen molar-refractivity contribution in [1.29, 1.82) is 0 Å². The van der Waals surface area contributed by atoms with Crippen molar-refractivity contribution in [1.82, 2.24) is 10.4 Å². The van der Waals surface area contributed by atoms with E-state index < -0.39 is 0 Å². The minimum atomic E-state index is -0.232. The first-order valence-electron chi connectivity index (χ1n) is 9.39. The van der Waals surface area contributed by atoms with Crippen LogP contribution < -0.4 is 25.4 Å². The molecule has 3 aromatic rings. The van der Waals surface area contributed by atoms with E-state index in [2.05, 4.69) is 15.5 Å². The number of fused-ring (bicyclic) bond motifs is 1. The van der Waals surface area contributed by atoms with E-state index >= 15 is 0 Å². The van der Waals surface area contributed by atoms with E-state index in [0.29, 0.717) is 34.6 Å². The third kappa shape index (κ3) is 5.18. The summed E-state index contributed by atoms with van der Waals surface area (Å²) in [5.74, 6) is 1.38. The van der Waals surface area contributed by atoms with Gasteiger partial charge in [0.2, 0.25) is 11.7 Å². The van der Waals surface area contributed by atoms with Gasteiger partial charge in [0.15, 0.2) is 16.6 Å². The molecule has 1 heterocycles. The largest absolute Gasteiger partial charge is 0.493 e. The van der Waals surface area contributed by atoms with Crippen LogP contribution in [-0.4, -0.2) is 37.9 Å². The molecule has 0 saturated heterocycles. The summed E-state index contributed by atoms with van der Waals surface area (Å²) in [6, 6.07) is 9.17. The van der Waals surface area contributed by atoms with Crippen molar-refractivity contribution in [3.63, 3.8) is 0 Å². The average Bonchev–Trinajstić information content (AvgIpc) is 3.11. The van der Waals surface area contributed by atoms with Gasteiger partial charge in [-0.2, -0.15) is 5.10 Å². The van der Waals surface area contributed by atoms with Crippen LogP contribution >= 0.6 is 11.3 Å². The number of nitrogen functional groups attached to an aromatic ring is 1. The van der Waals surface area contributed by atoms with E-state index in [-0.39, 0.29) is 12.3 Å². The van der Waals surface area contributed by atoms with Crippen molar-refractivity contribution in [2.24, 2.45) is 5.10 Å². The molecule has 1 aromatic heterocycles. The van der Waals surface area contributed by atoms with Crippen molar-refractivity contribution in [2.45, 2.75) is 19.8 Å². The lowest BCUT2D eigenvalue weighted by molar-refractivity contribution is -0.120. The molecule has 0 unspecified atom stereocenters. The van der Waals surface area contributed by atoms with Gasteiger partial charge in [-0.25, -0.2) is 10.4 Å². The Morgan fingerprint density at radius 1 is 1.23 bits per heavy atom. The molecule has 3 rings (SSSR count). The highest BCUT2D eigenvalue weighted by atomic mass is 32.1. The monoisotopic (exact) mass is 428 g/mol. The number of benzene rings is 2. The van der Waals surface area contributed by atoms with Crippen LogP contribution in [0.4, 0.5) is 5.13 Å². The van der Waals surface area contributed by atoms with Crippen LogP contribution in [0.2, 0.25) is 0 Å². The molecule has 158 valence electrons. The zero-order chi connectivity index (χ0) is 21.5. The molecular formula is C21H24N4O4S. The Morgan fingerprint density at radius 2 is 1.97 bits per heavy atom. The Hall–Kier alpha value is -3.33. The lowest BCUT2D eigenvalue weighted by Gasteiger charge is -2.14. The van der Waals surface area contributed by atoms with Gasteiger partial charge in [-0.05, 0) is 36.2 Å². The third-order valence-corrected chi connectivity index (χ3v) is 5.02. The Labute approximate surface area is 178 Å². The van der Waals surface area contributed by atoms with Gasteiger partial charge in [0.1, 0.15) is 0 Å². The molecule has 0 saturated carbocycles. The van der Waals surface area contributed by atoms with Gasteiger partial charge in [0.25, 0.3) is 0 Å². The summed E-state index contributed by atoms with van der Waals surface area (Å²) in [5, 5.41) is 4.55. The predicted octanol–water partition coefficient (Wildman–Crippen LogP) is 3.38. The molecule has 0 atom stereocenters. The summed E-state index contributed by atoms with van der Waals surface area (Å²) in [6.07, 6.45) is 2.59. The third-order valence-electron chi connectivity index (χ3n) is 4.17. The lowest BCUT2D eigenvalue weighted by atomic mass is 10.1. The van der Waals surface area contributed by atoms with Crippen molar-refractivity contribution < 1.29 is 19.0 Å². The quantitative estimate of drug-likeness (QED) is 0.400. The van der Waals surface area contributed by atoms with E-state index in [1.54, 1.807) is 26.4 Å². The zero-order valence-electron chi connectivity index (χ0n) is 17.1. The molecule has 2 aromatic carbocycles. The Bertz CT molecular complexity index is 1040. The number of ether oxygens (including phenoxy) is 3. The highest BCUT2D eigenvalue weighted by Gasteiger charge is 2.13. The maximum Gasteiger partial charge on any atom is 0.244 e. The molecular weight excluding hydrogens is 404 g/mol. The number of hydrogen-bond donors (Lipinski definition) is 2. The van der Waals surface area contributed by atoms with Gasteiger partial charge in [0.05, 0.1) is 43.7 Å². The SMILES string of the molecule is CCCOc1c(OC)cc(/C=N\NC(=O)Cc2ccc3nc(N)sc3c2)cc1OC. The van der Waals surface area contributed by atoms with Crippen LogP contribution in [0.15, 0.2) is 35.4 Å². The van der Waals surface area contributed by atoms with Crippen LogP contribution in [-0.2, 0) is 11.2 Å². The first-order chi connectivity index (χ1) is 14.5. The number of hydrogen-bond acceptors (Lipinski definition) is 8. The van der Waals surface area contributed by atoms with Crippen molar-refractivity contribution in [2.75, 3.05) is 26.6 Å². The summed E-state index contributed by atoms with van der Waals surface area (Å²) >= 11 is 1.39. The van der Waals surface area contributed by atoms with Gasteiger partial charge in [-0.15, -0.1) is 0 Å². The number of anilines is 1. The van der Waals surface area contributed by atoms with Gasteiger partial charge >= 0.3 is 0 Å².